The third-order valence-electron chi connectivity index (χ3n) is 2.24. The molecule has 0 amide bonds. The van der Waals surface area contributed by atoms with Crippen molar-refractivity contribution in [2.45, 2.75) is 6.42 Å². The van der Waals surface area contributed by atoms with Crippen molar-refractivity contribution in [3.63, 3.8) is 0 Å². The lowest BCUT2D eigenvalue weighted by Crippen LogP contribution is -2.01. The van der Waals surface area contributed by atoms with Crippen LogP contribution in [0.1, 0.15) is 5.56 Å². The average Bonchev–Trinajstić information content (AvgIpc) is 2.33. The Hall–Kier alpha value is -2.03. The van der Waals surface area contributed by atoms with Crippen molar-refractivity contribution in [3.8, 4) is 11.5 Å². The Morgan fingerprint density at radius 1 is 1.12 bits per heavy atom. The zero-order valence-corrected chi connectivity index (χ0v) is 8.84. The molecule has 0 atom stereocenters. The fourth-order valence-electron chi connectivity index (χ4n) is 1.40. The maximum atomic E-state index is 9.47. The van der Waals surface area contributed by atoms with Gasteiger partial charge in [0.2, 0.25) is 0 Å². The molecule has 0 unspecified atom stereocenters. The molecule has 1 heterocycles. The standard InChI is InChI=1S/C13H13NO2/c15-12-5-1-2-6-13(12)16-9-7-11-4-3-8-14-10-11/h1-6,8,10,15H,7,9H2. The number of hydrogen-bond donors (Lipinski definition) is 1. The first kappa shape index (κ1) is 10.5. The highest BCUT2D eigenvalue weighted by molar-refractivity contribution is 5.37. The second kappa shape index (κ2) is 5.16. The lowest BCUT2D eigenvalue weighted by Gasteiger charge is -2.07. The van der Waals surface area contributed by atoms with E-state index in [1.54, 1.807) is 24.4 Å². The number of pyridine rings is 1. The summed E-state index contributed by atoms with van der Waals surface area (Å²) in [6.07, 6.45) is 4.34. The van der Waals surface area contributed by atoms with Crippen molar-refractivity contribution in [2.75, 3.05) is 6.61 Å². The number of hydrogen-bond acceptors (Lipinski definition) is 3. The van der Waals surface area contributed by atoms with E-state index in [9.17, 15) is 5.11 Å². The number of aromatic hydroxyl groups is 1. The fraction of sp³-hybridized carbons (Fsp3) is 0.154. The van der Waals surface area contributed by atoms with Crippen LogP contribution in [0.15, 0.2) is 48.8 Å². The highest BCUT2D eigenvalue weighted by atomic mass is 16.5. The second-order valence-corrected chi connectivity index (χ2v) is 3.43. The topological polar surface area (TPSA) is 42.4 Å². The number of para-hydroxylation sites is 2. The van der Waals surface area contributed by atoms with Crippen LogP contribution >= 0.6 is 0 Å². The fourth-order valence-corrected chi connectivity index (χ4v) is 1.40. The quantitative estimate of drug-likeness (QED) is 0.851. The molecule has 0 spiro atoms. The molecule has 1 aromatic heterocycles. The van der Waals surface area contributed by atoms with Crippen LogP contribution in [0.25, 0.3) is 0 Å². The van der Waals surface area contributed by atoms with E-state index in [-0.39, 0.29) is 5.75 Å². The van der Waals surface area contributed by atoms with Gasteiger partial charge < -0.3 is 9.84 Å². The summed E-state index contributed by atoms with van der Waals surface area (Å²) >= 11 is 0. The highest BCUT2D eigenvalue weighted by Gasteiger charge is 2.00. The Kier molecular flexibility index (Phi) is 3.38. The van der Waals surface area contributed by atoms with Crippen LogP contribution in [0, 0.1) is 0 Å². The van der Waals surface area contributed by atoms with Gasteiger partial charge in [-0.05, 0) is 23.8 Å². The molecule has 16 heavy (non-hydrogen) atoms. The molecular formula is C13H13NO2. The van der Waals surface area contributed by atoms with E-state index in [0.29, 0.717) is 12.4 Å². The number of nitrogens with zero attached hydrogens (tertiary/aromatic N) is 1. The highest BCUT2D eigenvalue weighted by Crippen LogP contribution is 2.24. The Bertz CT molecular complexity index is 443. The first-order valence-electron chi connectivity index (χ1n) is 5.16. The maximum Gasteiger partial charge on any atom is 0.160 e. The van der Waals surface area contributed by atoms with Crippen molar-refractivity contribution in [1.82, 2.24) is 4.98 Å². The normalized spacial score (nSPS) is 10.0. The predicted molar refractivity (Wildman–Crippen MR) is 61.5 cm³/mol. The van der Waals surface area contributed by atoms with Gasteiger partial charge >= 0.3 is 0 Å². The van der Waals surface area contributed by atoms with E-state index in [2.05, 4.69) is 4.98 Å². The van der Waals surface area contributed by atoms with Crippen LogP contribution in [0.3, 0.4) is 0 Å². The van der Waals surface area contributed by atoms with Gasteiger partial charge in [-0.25, -0.2) is 0 Å². The van der Waals surface area contributed by atoms with Crippen LogP contribution < -0.4 is 4.74 Å². The van der Waals surface area contributed by atoms with Gasteiger partial charge in [0.05, 0.1) is 6.61 Å². The second-order valence-electron chi connectivity index (χ2n) is 3.43. The van der Waals surface area contributed by atoms with Crippen molar-refractivity contribution in [3.05, 3.63) is 54.4 Å². The first-order valence-corrected chi connectivity index (χ1v) is 5.16. The summed E-state index contributed by atoms with van der Waals surface area (Å²) in [6, 6.07) is 10.9. The van der Waals surface area contributed by atoms with Crippen LogP contribution in [0.5, 0.6) is 11.5 Å². The van der Waals surface area contributed by atoms with E-state index in [4.69, 9.17) is 4.74 Å². The summed E-state index contributed by atoms with van der Waals surface area (Å²) in [7, 11) is 0. The van der Waals surface area contributed by atoms with Crippen LogP contribution in [0.4, 0.5) is 0 Å². The summed E-state index contributed by atoms with van der Waals surface area (Å²) in [4.78, 5) is 4.02. The number of aromatic nitrogens is 1. The first-order chi connectivity index (χ1) is 7.86. The third kappa shape index (κ3) is 2.73. The molecule has 2 aromatic rings. The van der Waals surface area contributed by atoms with Crippen molar-refractivity contribution >= 4 is 0 Å². The van der Waals surface area contributed by atoms with Gasteiger partial charge in [0.1, 0.15) is 0 Å². The molecule has 0 saturated carbocycles. The molecule has 82 valence electrons. The molecule has 2 rings (SSSR count). The lowest BCUT2D eigenvalue weighted by molar-refractivity contribution is 0.303. The van der Waals surface area contributed by atoms with Crippen molar-refractivity contribution in [2.24, 2.45) is 0 Å². The van der Waals surface area contributed by atoms with E-state index in [1.165, 1.54) is 0 Å². The molecule has 0 aliphatic heterocycles. The van der Waals surface area contributed by atoms with Gasteiger partial charge in [0, 0.05) is 18.8 Å². The Labute approximate surface area is 94.3 Å². The van der Waals surface area contributed by atoms with Gasteiger partial charge in [0.15, 0.2) is 11.5 Å². The van der Waals surface area contributed by atoms with Crippen LogP contribution in [-0.2, 0) is 6.42 Å². The van der Waals surface area contributed by atoms with Crippen molar-refractivity contribution in [1.29, 1.82) is 0 Å². The molecule has 3 heteroatoms. The van der Waals surface area contributed by atoms with Gasteiger partial charge in [-0.2, -0.15) is 0 Å². The minimum absolute atomic E-state index is 0.175. The summed E-state index contributed by atoms with van der Waals surface area (Å²) in [5.74, 6) is 0.695. The lowest BCUT2D eigenvalue weighted by atomic mass is 10.2. The van der Waals surface area contributed by atoms with Crippen molar-refractivity contribution < 1.29 is 9.84 Å². The van der Waals surface area contributed by atoms with Gasteiger partial charge in [-0.15, -0.1) is 0 Å². The zero-order valence-electron chi connectivity index (χ0n) is 8.84. The number of benzene rings is 1. The largest absolute Gasteiger partial charge is 0.504 e. The Balaban J connectivity index is 1.87. The molecule has 0 fully saturated rings. The molecule has 0 radical (unpaired) electrons. The van der Waals surface area contributed by atoms with Gasteiger partial charge in [0.25, 0.3) is 0 Å². The maximum absolute atomic E-state index is 9.47. The average molecular weight is 215 g/mol. The van der Waals surface area contributed by atoms with E-state index < -0.39 is 0 Å². The summed E-state index contributed by atoms with van der Waals surface area (Å²) in [6.45, 7) is 0.531. The Morgan fingerprint density at radius 2 is 2.00 bits per heavy atom. The van der Waals surface area contributed by atoms with Crippen LogP contribution in [-0.4, -0.2) is 16.7 Å². The molecular weight excluding hydrogens is 202 g/mol. The zero-order chi connectivity index (χ0) is 11.2. The molecule has 0 saturated heterocycles. The number of rotatable bonds is 4. The monoisotopic (exact) mass is 215 g/mol. The van der Waals surface area contributed by atoms with E-state index >= 15 is 0 Å². The van der Waals surface area contributed by atoms with Crippen LogP contribution in [0.2, 0.25) is 0 Å². The summed E-state index contributed by atoms with van der Waals surface area (Å²) in [5, 5.41) is 9.47. The number of phenols is 1. The third-order valence-corrected chi connectivity index (χ3v) is 2.24. The summed E-state index contributed by atoms with van der Waals surface area (Å²) < 4.78 is 5.46. The number of phenolic OH excluding ortho intramolecular Hbond substituents is 1. The SMILES string of the molecule is Oc1ccccc1OCCc1cccnc1. The van der Waals surface area contributed by atoms with E-state index in [0.717, 1.165) is 12.0 Å². The molecule has 0 aliphatic carbocycles. The molecule has 0 bridgehead atoms. The minimum atomic E-state index is 0.175. The number of ether oxygens (including phenoxy) is 1. The Morgan fingerprint density at radius 3 is 2.75 bits per heavy atom. The molecule has 1 aromatic carbocycles. The molecule has 3 nitrogen and oxygen atoms in total. The van der Waals surface area contributed by atoms with Gasteiger partial charge in [-0.3, -0.25) is 4.98 Å². The molecule has 0 aliphatic rings. The predicted octanol–water partition coefficient (Wildman–Crippen LogP) is 2.41. The van der Waals surface area contributed by atoms with E-state index in [1.807, 2.05) is 24.4 Å². The minimum Gasteiger partial charge on any atom is -0.504 e. The smallest absolute Gasteiger partial charge is 0.160 e. The van der Waals surface area contributed by atoms with Gasteiger partial charge in [-0.1, -0.05) is 18.2 Å². The molecule has 1 N–H and O–H groups in total. The summed E-state index contributed by atoms with van der Waals surface area (Å²) in [5.41, 5.74) is 1.12.